The predicted molar refractivity (Wildman–Crippen MR) is 107 cm³/mol. The molecule has 3 N–H and O–H groups in total. The van der Waals surface area contributed by atoms with Crippen LogP contribution in [0, 0.1) is 5.82 Å². The summed E-state index contributed by atoms with van der Waals surface area (Å²) in [6.07, 6.45) is 2.75. The molecule has 0 fully saturated rings. The summed E-state index contributed by atoms with van der Waals surface area (Å²) >= 11 is 0. The summed E-state index contributed by atoms with van der Waals surface area (Å²) < 4.78 is 18.4. The van der Waals surface area contributed by atoms with E-state index >= 15 is 0 Å². The summed E-state index contributed by atoms with van der Waals surface area (Å²) in [7, 11) is 3.45. The lowest BCUT2D eigenvalue weighted by atomic mass is 10.1. The van der Waals surface area contributed by atoms with Gasteiger partial charge in [-0.2, -0.15) is 0 Å². The number of aromatic nitrogens is 1. The van der Waals surface area contributed by atoms with Crippen molar-refractivity contribution < 1.29 is 9.13 Å². The average molecular weight is 368 g/mol. The molecule has 1 aromatic heterocycles. The van der Waals surface area contributed by atoms with E-state index < -0.39 is 0 Å². The molecule has 3 rings (SSSR count). The number of rotatable bonds is 7. The van der Waals surface area contributed by atoms with Crippen molar-refractivity contribution in [2.24, 2.45) is 4.99 Å². The van der Waals surface area contributed by atoms with Crippen LogP contribution in [0.5, 0.6) is 0 Å². The summed E-state index contributed by atoms with van der Waals surface area (Å²) in [5, 5.41) is 7.68. The maximum absolute atomic E-state index is 13.3. The van der Waals surface area contributed by atoms with Crippen LogP contribution in [-0.2, 0) is 24.3 Å². The molecule has 0 spiro atoms. The van der Waals surface area contributed by atoms with Crippen molar-refractivity contribution in [3.63, 3.8) is 0 Å². The minimum Gasteiger partial charge on any atom is -0.380 e. The van der Waals surface area contributed by atoms with Gasteiger partial charge in [-0.3, -0.25) is 4.99 Å². The van der Waals surface area contributed by atoms with Crippen LogP contribution in [0.2, 0.25) is 0 Å². The molecule has 0 saturated carbocycles. The first kappa shape index (κ1) is 18.9. The van der Waals surface area contributed by atoms with Crippen LogP contribution in [0.25, 0.3) is 10.9 Å². The zero-order valence-corrected chi connectivity index (χ0v) is 15.7. The van der Waals surface area contributed by atoms with Gasteiger partial charge in [0.2, 0.25) is 0 Å². The Morgan fingerprint density at radius 1 is 1.11 bits per heavy atom. The number of benzene rings is 2. The summed E-state index contributed by atoms with van der Waals surface area (Å²) in [6, 6.07) is 13.1. The molecule has 5 nitrogen and oxygen atoms in total. The lowest BCUT2D eigenvalue weighted by Gasteiger charge is -2.12. The third kappa shape index (κ3) is 5.08. The Morgan fingerprint density at radius 2 is 1.89 bits per heavy atom. The summed E-state index contributed by atoms with van der Waals surface area (Å²) in [4.78, 5) is 7.38. The normalized spacial score (nSPS) is 11.7. The number of methoxy groups -OCH3 is 1. The van der Waals surface area contributed by atoms with Crippen LogP contribution < -0.4 is 10.6 Å². The molecule has 142 valence electrons. The Kier molecular flexibility index (Phi) is 6.44. The van der Waals surface area contributed by atoms with Gasteiger partial charge in [-0.15, -0.1) is 0 Å². The minimum absolute atomic E-state index is 0.228. The molecule has 0 saturated heterocycles. The van der Waals surface area contributed by atoms with Gasteiger partial charge in [0.1, 0.15) is 5.82 Å². The zero-order valence-electron chi connectivity index (χ0n) is 15.7. The van der Waals surface area contributed by atoms with Gasteiger partial charge in [0.15, 0.2) is 5.96 Å². The first-order chi connectivity index (χ1) is 13.2. The van der Waals surface area contributed by atoms with E-state index in [2.05, 4.69) is 44.9 Å². The van der Waals surface area contributed by atoms with Gasteiger partial charge in [0.25, 0.3) is 0 Å². The van der Waals surface area contributed by atoms with Crippen LogP contribution in [0.3, 0.4) is 0 Å². The highest BCUT2D eigenvalue weighted by atomic mass is 19.1. The number of nitrogens with zero attached hydrogens (tertiary/aromatic N) is 1. The molecule has 0 aliphatic carbocycles. The highest BCUT2D eigenvalue weighted by Crippen LogP contribution is 2.19. The maximum atomic E-state index is 13.3. The maximum Gasteiger partial charge on any atom is 0.191 e. The molecule has 6 heteroatoms. The van der Waals surface area contributed by atoms with Gasteiger partial charge in [-0.1, -0.05) is 24.3 Å². The summed E-state index contributed by atoms with van der Waals surface area (Å²) in [5.41, 5.74) is 4.31. The van der Waals surface area contributed by atoms with Crippen molar-refractivity contribution in [3.05, 3.63) is 71.2 Å². The molecule has 1 heterocycles. The Bertz CT molecular complexity index is 902. The van der Waals surface area contributed by atoms with Crippen LogP contribution in [-0.4, -0.2) is 31.6 Å². The van der Waals surface area contributed by atoms with E-state index in [-0.39, 0.29) is 5.82 Å². The van der Waals surface area contributed by atoms with E-state index in [0.717, 1.165) is 41.0 Å². The summed E-state index contributed by atoms with van der Waals surface area (Å²) in [6.45, 7) is 2.05. The number of nitrogens with one attached hydrogen (secondary N) is 3. The molecule has 0 aliphatic heterocycles. The predicted octanol–water partition coefficient (Wildman–Crippen LogP) is 3.36. The van der Waals surface area contributed by atoms with Gasteiger partial charge < -0.3 is 20.4 Å². The fraction of sp³-hybridized carbons (Fsp3) is 0.286. The molecule has 27 heavy (non-hydrogen) atoms. The SMILES string of the molecule is CN=C(NCCc1c[nH]c2cc(F)ccc12)NCc1ccc(COC)cc1. The Morgan fingerprint density at radius 3 is 2.63 bits per heavy atom. The lowest BCUT2D eigenvalue weighted by Crippen LogP contribution is -2.37. The standard InChI is InChI=1S/C21H25FN4O/c1-23-21(26-12-15-3-5-16(6-4-15)14-27-2)24-10-9-17-13-25-20-11-18(22)7-8-19(17)20/h3-8,11,13,25H,9-10,12,14H2,1-2H3,(H2,23,24,26). The Balaban J connectivity index is 1.48. The second-order valence-electron chi connectivity index (χ2n) is 6.36. The van der Waals surface area contributed by atoms with Crippen molar-refractivity contribution in [3.8, 4) is 0 Å². The van der Waals surface area contributed by atoms with E-state index in [0.29, 0.717) is 13.2 Å². The van der Waals surface area contributed by atoms with Gasteiger partial charge in [0.05, 0.1) is 6.61 Å². The molecular formula is C21H25FN4O. The van der Waals surface area contributed by atoms with E-state index in [1.54, 1.807) is 14.2 Å². The van der Waals surface area contributed by atoms with Crippen molar-refractivity contribution >= 4 is 16.9 Å². The second-order valence-corrected chi connectivity index (χ2v) is 6.36. The monoisotopic (exact) mass is 368 g/mol. The van der Waals surface area contributed by atoms with Crippen LogP contribution in [0.1, 0.15) is 16.7 Å². The number of aromatic amines is 1. The van der Waals surface area contributed by atoms with Gasteiger partial charge in [-0.05, 0) is 41.3 Å². The molecule has 0 amide bonds. The van der Waals surface area contributed by atoms with Gasteiger partial charge in [-0.25, -0.2) is 4.39 Å². The first-order valence-electron chi connectivity index (χ1n) is 8.96. The molecule has 0 atom stereocenters. The van der Waals surface area contributed by atoms with E-state index in [4.69, 9.17) is 4.74 Å². The van der Waals surface area contributed by atoms with Crippen molar-refractivity contribution in [1.29, 1.82) is 0 Å². The number of fused-ring (bicyclic) bond motifs is 1. The van der Waals surface area contributed by atoms with E-state index in [1.807, 2.05) is 12.3 Å². The molecular weight excluding hydrogens is 343 g/mol. The smallest absolute Gasteiger partial charge is 0.191 e. The largest absolute Gasteiger partial charge is 0.380 e. The van der Waals surface area contributed by atoms with Crippen molar-refractivity contribution in [2.45, 2.75) is 19.6 Å². The zero-order chi connectivity index (χ0) is 19.1. The second kappa shape index (κ2) is 9.19. The van der Waals surface area contributed by atoms with Crippen LogP contribution in [0.15, 0.2) is 53.7 Å². The average Bonchev–Trinajstić information content (AvgIpc) is 3.08. The number of H-pyrrole nitrogens is 1. The first-order valence-corrected chi connectivity index (χ1v) is 8.96. The topological polar surface area (TPSA) is 61.4 Å². The lowest BCUT2D eigenvalue weighted by molar-refractivity contribution is 0.185. The Labute approximate surface area is 158 Å². The molecule has 0 bridgehead atoms. The van der Waals surface area contributed by atoms with E-state index in [1.165, 1.54) is 17.7 Å². The van der Waals surface area contributed by atoms with Gasteiger partial charge in [0, 0.05) is 44.3 Å². The number of ether oxygens (including phenoxy) is 1. The third-order valence-corrected chi connectivity index (χ3v) is 4.43. The van der Waals surface area contributed by atoms with Crippen LogP contribution in [0.4, 0.5) is 4.39 Å². The number of hydrogen-bond acceptors (Lipinski definition) is 2. The summed E-state index contributed by atoms with van der Waals surface area (Å²) in [5.74, 6) is 0.524. The Hall–Kier alpha value is -2.86. The van der Waals surface area contributed by atoms with Crippen molar-refractivity contribution in [2.75, 3.05) is 20.7 Å². The molecule has 0 aliphatic rings. The van der Waals surface area contributed by atoms with Crippen LogP contribution >= 0.6 is 0 Å². The third-order valence-electron chi connectivity index (χ3n) is 4.43. The fourth-order valence-corrected chi connectivity index (χ4v) is 3.01. The quantitative estimate of drug-likeness (QED) is 0.443. The van der Waals surface area contributed by atoms with E-state index in [9.17, 15) is 4.39 Å². The molecule has 0 unspecified atom stereocenters. The van der Waals surface area contributed by atoms with Crippen molar-refractivity contribution in [1.82, 2.24) is 15.6 Å². The number of aliphatic imine (C=N–C) groups is 1. The number of hydrogen-bond donors (Lipinski definition) is 3. The molecule has 0 radical (unpaired) electrons. The van der Waals surface area contributed by atoms with Gasteiger partial charge >= 0.3 is 0 Å². The molecule has 3 aromatic rings. The highest BCUT2D eigenvalue weighted by molar-refractivity contribution is 5.83. The molecule has 2 aromatic carbocycles. The fourth-order valence-electron chi connectivity index (χ4n) is 3.01. The number of guanidine groups is 1. The minimum atomic E-state index is -0.228. The number of halogens is 1. The highest BCUT2D eigenvalue weighted by Gasteiger charge is 2.05.